The monoisotopic (exact) mass is 303 g/mol. The smallest absolute Gasteiger partial charge is 0.0847 e. The minimum atomic E-state index is 0.0955. The van der Waals surface area contributed by atoms with Crippen molar-refractivity contribution in [2.45, 2.75) is 32.6 Å². The van der Waals surface area contributed by atoms with Crippen molar-refractivity contribution >= 4 is 11.6 Å². The summed E-state index contributed by atoms with van der Waals surface area (Å²) in [6.45, 7) is 2.64. The summed E-state index contributed by atoms with van der Waals surface area (Å²) < 4.78 is 1.91. The van der Waals surface area contributed by atoms with Gasteiger partial charge < -0.3 is 5.73 Å². The van der Waals surface area contributed by atoms with E-state index >= 15 is 0 Å². The number of nitrogens with two attached hydrogens (primary N) is 1. The van der Waals surface area contributed by atoms with Crippen LogP contribution >= 0.6 is 11.6 Å². The van der Waals surface area contributed by atoms with Gasteiger partial charge in [-0.05, 0) is 55.7 Å². The zero-order valence-electron chi connectivity index (χ0n) is 12.7. The van der Waals surface area contributed by atoms with Crippen LogP contribution in [-0.2, 0) is 26.3 Å². The molecular formula is C17H22ClN3. The van der Waals surface area contributed by atoms with Crippen LogP contribution in [0, 0.1) is 12.3 Å². The van der Waals surface area contributed by atoms with Gasteiger partial charge in [0.05, 0.1) is 16.4 Å². The molecule has 1 aromatic heterocycles. The number of rotatable bonds is 3. The molecule has 0 bridgehead atoms. The number of fused-ring (bicyclic) bond motifs is 1. The zero-order valence-corrected chi connectivity index (χ0v) is 13.5. The number of benzene rings is 1. The lowest BCUT2D eigenvalue weighted by Gasteiger charge is -2.37. The molecule has 3 rings (SSSR count). The third-order valence-corrected chi connectivity index (χ3v) is 5.34. The molecule has 3 nitrogen and oxygen atoms in total. The first-order valence-electron chi connectivity index (χ1n) is 7.49. The van der Waals surface area contributed by atoms with E-state index in [9.17, 15) is 0 Å². The van der Waals surface area contributed by atoms with Crippen LogP contribution in [0.2, 0.25) is 5.02 Å². The number of nitrogens with zero attached hydrogens (tertiary/aromatic N) is 2. The molecule has 1 heterocycles. The topological polar surface area (TPSA) is 43.8 Å². The normalized spacial score (nSPS) is 21.3. The fourth-order valence-corrected chi connectivity index (χ4v) is 3.72. The van der Waals surface area contributed by atoms with Gasteiger partial charge in [0, 0.05) is 7.05 Å². The van der Waals surface area contributed by atoms with Crippen LogP contribution in [0.5, 0.6) is 0 Å². The predicted molar refractivity (Wildman–Crippen MR) is 86.6 cm³/mol. The molecule has 0 fully saturated rings. The van der Waals surface area contributed by atoms with Crippen LogP contribution in [0.3, 0.4) is 0 Å². The minimum absolute atomic E-state index is 0.0955. The van der Waals surface area contributed by atoms with E-state index in [4.69, 9.17) is 17.3 Å². The standard InChI is InChI=1S/C17H22ClN3/c1-12-16(18)15(21(2)20-12)10-17(11-19)8-7-13-5-3-4-6-14(13)9-17/h3-6H,7-11,19H2,1-2H3. The van der Waals surface area contributed by atoms with Gasteiger partial charge in [0.1, 0.15) is 0 Å². The van der Waals surface area contributed by atoms with Crippen LogP contribution in [-0.4, -0.2) is 16.3 Å². The lowest BCUT2D eigenvalue weighted by molar-refractivity contribution is 0.248. The van der Waals surface area contributed by atoms with Gasteiger partial charge >= 0.3 is 0 Å². The highest BCUT2D eigenvalue weighted by molar-refractivity contribution is 6.31. The molecule has 2 aromatic rings. The second-order valence-corrected chi connectivity index (χ2v) is 6.67. The second kappa shape index (κ2) is 5.47. The molecule has 2 N–H and O–H groups in total. The summed E-state index contributed by atoms with van der Waals surface area (Å²) in [5.41, 5.74) is 11.2. The Morgan fingerprint density at radius 1 is 1.33 bits per heavy atom. The summed E-state index contributed by atoms with van der Waals surface area (Å²) in [6, 6.07) is 8.70. The molecule has 0 spiro atoms. The first-order chi connectivity index (χ1) is 10.0. The van der Waals surface area contributed by atoms with Crippen LogP contribution in [0.4, 0.5) is 0 Å². The Balaban J connectivity index is 1.92. The van der Waals surface area contributed by atoms with E-state index in [2.05, 4.69) is 29.4 Å². The largest absolute Gasteiger partial charge is 0.330 e. The zero-order chi connectivity index (χ0) is 15.0. The van der Waals surface area contributed by atoms with Gasteiger partial charge in [-0.3, -0.25) is 4.68 Å². The van der Waals surface area contributed by atoms with Crippen molar-refractivity contribution in [1.82, 2.24) is 9.78 Å². The first kappa shape index (κ1) is 14.6. The summed E-state index contributed by atoms with van der Waals surface area (Å²) >= 11 is 6.43. The molecule has 1 aliphatic carbocycles. The van der Waals surface area contributed by atoms with Gasteiger partial charge in [-0.1, -0.05) is 35.9 Å². The molecular weight excluding hydrogens is 282 g/mol. The summed E-state index contributed by atoms with van der Waals surface area (Å²) in [4.78, 5) is 0. The van der Waals surface area contributed by atoms with Crippen molar-refractivity contribution in [2.24, 2.45) is 18.2 Å². The molecule has 21 heavy (non-hydrogen) atoms. The van der Waals surface area contributed by atoms with Crippen molar-refractivity contribution < 1.29 is 0 Å². The Hall–Kier alpha value is -1.32. The maximum Gasteiger partial charge on any atom is 0.0847 e. The molecule has 0 amide bonds. The highest BCUT2D eigenvalue weighted by atomic mass is 35.5. The van der Waals surface area contributed by atoms with E-state index in [1.165, 1.54) is 11.1 Å². The van der Waals surface area contributed by atoms with Crippen molar-refractivity contribution in [3.8, 4) is 0 Å². The lowest BCUT2D eigenvalue weighted by atomic mass is 9.69. The third-order valence-electron chi connectivity index (χ3n) is 4.85. The maximum absolute atomic E-state index is 6.43. The lowest BCUT2D eigenvalue weighted by Crippen LogP contribution is -2.39. The molecule has 1 aromatic carbocycles. The SMILES string of the molecule is Cc1nn(C)c(CC2(CN)CCc3ccccc3C2)c1Cl. The quantitative estimate of drug-likeness (QED) is 0.947. The maximum atomic E-state index is 6.43. The van der Waals surface area contributed by atoms with Crippen LogP contribution in [0.15, 0.2) is 24.3 Å². The molecule has 1 unspecified atom stereocenters. The Bertz CT molecular complexity index is 662. The molecule has 112 valence electrons. The third kappa shape index (κ3) is 2.60. The van der Waals surface area contributed by atoms with E-state index in [1.54, 1.807) is 0 Å². The molecule has 4 heteroatoms. The highest BCUT2D eigenvalue weighted by Gasteiger charge is 2.35. The van der Waals surface area contributed by atoms with Crippen molar-refractivity contribution in [1.29, 1.82) is 0 Å². The van der Waals surface area contributed by atoms with E-state index in [-0.39, 0.29) is 5.41 Å². The van der Waals surface area contributed by atoms with Gasteiger partial charge in [-0.2, -0.15) is 5.10 Å². The van der Waals surface area contributed by atoms with Crippen molar-refractivity contribution in [2.75, 3.05) is 6.54 Å². The van der Waals surface area contributed by atoms with Crippen molar-refractivity contribution in [3.63, 3.8) is 0 Å². The van der Waals surface area contributed by atoms with Gasteiger partial charge in [0.2, 0.25) is 0 Å². The molecule has 1 aliphatic rings. The second-order valence-electron chi connectivity index (χ2n) is 6.30. The number of aromatic nitrogens is 2. The number of hydrogen-bond acceptors (Lipinski definition) is 2. The average molecular weight is 304 g/mol. The summed E-state index contributed by atoms with van der Waals surface area (Å²) in [7, 11) is 1.97. The Labute approximate surface area is 131 Å². The van der Waals surface area contributed by atoms with E-state index in [0.717, 1.165) is 42.1 Å². The fourth-order valence-electron chi connectivity index (χ4n) is 3.49. The molecule has 0 aliphatic heterocycles. The highest BCUT2D eigenvalue weighted by Crippen LogP contribution is 2.39. The van der Waals surface area contributed by atoms with Crippen LogP contribution < -0.4 is 5.73 Å². The van der Waals surface area contributed by atoms with Crippen molar-refractivity contribution in [3.05, 3.63) is 51.8 Å². The van der Waals surface area contributed by atoms with E-state index < -0.39 is 0 Å². The van der Waals surface area contributed by atoms with Gasteiger partial charge in [-0.15, -0.1) is 0 Å². The summed E-state index contributed by atoms with van der Waals surface area (Å²) in [5.74, 6) is 0. The van der Waals surface area contributed by atoms with Gasteiger partial charge in [0.25, 0.3) is 0 Å². The molecule has 0 saturated heterocycles. The number of aryl methyl sites for hydroxylation is 3. The van der Waals surface area contributed by atoms with E-state index in [1.807, 2.05) is 18.7 Å². The molecule has 0 saturated carbocycles. The summed E-state index contributed by atoms with van der Waals surface area (Å²) in [6.07, 6.45) is 4.14. The predicted octanol–water partition coefficient (Wildman–Crippen LogP) is 3.06. The molecule has 1 atom stereocenters. The minimum Gasteiger partial charge on any atom is -0.330 e. The summed E-state index contributed by atoms with van der Waals surface area (Å²) in [5, 5.41) is 5.23. The Kier molecular flexibility index (Phi) is 3.80. The van der Waals surface area contributed by atoms with Gasteiger partial charge in [0.15, 0.2) is 0 Å². The fraction of sp³-hybridized carbons (Fsp3) is 0.471. The average Bonchev–Trinajstić information content (AvgIpc) is 2.73. The molecule has 0 radical (unpaired) electrons. The van der Waals surface area contributed by atoms with Gasteiger partial charge in [-0.25, -0.2) is 0 Å². The van der Waals surface area contributed by atoms with E-state index in [0.29, 0.717) is 6.54 Å². The number of halogens is 1. The Morgan fingerprint density at radius 3 is 2.67 bits per heavy atom. The van der Waals surface area contributed by atoms with Crippen LogP contribution in [0.1, 0.15) is 28.9 Å². The van der Waals surface area contributed by atoms with Crippen LogP contribution in [0.25, 0.3) is 0 Å². The Morgan fingerprint density at radius 2 is 2.05 bits per heavy atom. The number of hydrogen-bond donors (Lipinski definition) is 1. The first-order valence-corrected chi connectivity index (χ1v) is 7.87.